The predicted octanol–water partition coefficient (Wildman–Crippen LogP) is 4.19. The van der Waals surface area contributed by atoms with Crippen LogP contribution < -0.4 is 5.32 Å². The third-order valence-electron chi connectivity index (χ3n) is 2.44. The van der Waals surface area contributed by atoms with Crippen molar-refractivity contribution < 1.29 is 0 Å². The van der Waals surface area contributed by atoms with E-state index in [1.807, 2.05) is 36.6 Å². The summed E-state index contributed by atoms with van der Waals surface area (Å²) in [6, 6.07) is 9.80. The third-order valence-corrected chi connectivity index (χ3v) is 3.61. The van der Waals surface area contributed by atoms with Crippen LogP contribution in [0.2, 0.25) is 5.02 Å². The molecule has 1 aromatic carbocycles. The molecule has 0 aliphatic rings. The number of thiophene rings is 1. The molecule has 0 amide bonds. The highest BCUT2D eigenvalue weighted by atomic mass is 35.5. The largest absolute Gasteiger partial charge is 0.380 e. The molecule has 0 atom stereocenters. The monoisotopic (exact) mass is 262 g/mol. The van der Waals surface area contributed by atoms with Gasteiger partial charge in [0, 0.05) is 27.5 Å². The molecule has 2 rings (SSSR count). The summed E-state index contributed by atoms with van der Waals surface area (Å²) in [5, 5.41) is 14.6. The molecular weight excluding hydrogens is 252 g/mol. The lowest BCUT2D eigenvalue weighted by atomic mass is 10.2. The van der Waals surface area contributed by atoms with Crippen molar-refractivity contribution >= 4 is 28.6 Å². The zero-order valence-corrected chi connectivity index (χ0v) is 10.9. The SMILES string of the molecule is Cc1ccc(Cl)cc1NCc1cc(C#N)cs1. The Hall–Kier alpha value is -1.50. The van der Waals surface area contributed by atoms with Crippen molar-refractivity contribution in [2.24, 2.45) is 0 Å². The minimum Gasteiger partial charge on any atom is -0.380 e. The van der Waals surface area contributed by atoms with Gasteiger partial charge in [-0.15, -0.1) is 11.3 Å². The third kappa shape index (κ3) is 3.00. The van der Waals surface area contributed by atoms with E-state index in [0.29, 0.717) is 6.54 Å². The van der Waals surface area contributed by atoms with Crippen molar-refractivity contribution in [1.82, 2.24) is 0 Å². The topological polar surface area (TPSA) is 35.8 Å². The first-order valence-electron chi connectivity index (χ1n) is 5.16. The van der Waals surface area contributed by atoms with E-state index in [-0.39, 0.29) is 0 Å². The average Bonchev–Trinajstić information content (AvgIpc) is 2.78. The van der Waals surface area contributed by atoms with E-state index in [0.717, 1.165) is 26.7 Å². The van der Waals surface area contributed by atoms with Crippen molar-refractivity contribution in [2.45, 2.75) is 13.5 Å². The number of hydrogen-bond acceptors (Lipinski definition) is 3. The maximum Gasteiger partial charge on any atom is 0.100 e. The van der Waals surface area contributed by atoms with Crippen molar-refractivity contribution in [1.29, 1.82) is 5.26 Å². The van der Waals surface area contributed by atoms with Gasteiger partial charge in [0.2, 0.25) is 0 Å². The summed E-state index contributed by atoms with van der Waals surface area (Å²) in [5.74, 6) is 0. The van der Waals surface area contributed by atoms with Gasteiger partial charge in [-0.05, 0) is 30.7 Å². The Morgan fingerprint density at radius 1 is 1.41 bits per heavy atom. The molecule has 0 bridgehead atoms. The number of halogens is 1. The molecule has 0 aliphatic heterocycles. The fourth-order valence-electron chi connectivity index (χ4n) is 1.50. The maximum atomic E-state index is 8.74. The van der Waals surface area contributed by atoms with Gasteiger partial charge in [0.05, 0.1) is 5.56 Å². The molecule has 1 aromatic heterocycles. The van der Waals surface area contributed by atoms with Crippen molar-refractivity contribution in [3.05, 3.63) is 50.7 Å². The van der Waals surface area contributed by atoms with Crippen LogP contribution in [0.3, 0.4) is 0 Å². The van der Waals surface area contributed by atoms with E-state index >= 15 is 0 Å². The molecule has 0 saturated heterocycles. The van der Waals surface area contributed by atoms with Gasteiger partial charge in [0.1, 0.15) is 6.07 Å². The number of anilines is 1. The molecule has 4 heteroatoms. The second-order valence-corrected chi connectivity index (χ2v) is 5.16. The van der Waals surface area contributed by atoms with Crippen LogP contribution in [0.5, 0.6) is 0 Å². The molecule has 1 heterocycles. The molecule has 0 fully saturated rings. The van der Waals surface area contributed by atoms with Crippen LogP contribution in [0.25, 0.3) is 0 Å². The molecular formula is C13H11ClN2S. The lowest BCUT2D eigenvalue weighted by Crippen LogP contribution is -1.99. The second kappa shape index (κ2) is 5.22. The van der Waals surface area contributed by atoms with Gasteiger partial charge in [-0.3, -0.25) is 0 Å². The van der Waals surface area contributed by atoms with Gasteiger partial charge in [-0.1, -0.05) is 17.7 Å². The van der Waals surface area contributed by atoms with Crippen molar-refractivity contribution in [2.75, 3.05) is 5.32 Å². The molecule has 0 saturated carbocycles. The summed E-state index contributed by atoms with van der Waals surface area (Å²) in [4.78, 5) is 1.14. The zero-order chi connectivity index (χ0) is 12.3. The number of aryl methyl sites for hydroxylation is 1. The second-order valence-electron chi connectivity index (χ2n) is 3.73. The van der Waals surface area contributed by atoms with E-state index in [1.165, 1.54) is 0 Å². The number of nitrogens with one attached hydrogen (secondary N) is 1. The summed E-state index contributed by atoms with van der Waals surface area (Å²) >= 11 is 7.53. The first-order valence-corrected chi connectivity index (χ1v) is 6.42. The van der Waals surface area contributed by atoms with Crippen LogP contribution in [0, 0.1) is 18.3 Å². The van der Waals surface area contributed by atoms with Crippen molar-refractivity contribution in [3.63, 3.8) is 0 Å². The van der Waals surface area contributed by atoms with Gasteiger partial charge < -0.3 is 5.32 Å². The number of nitriles is 1. The Labute approximate surface area is 109 Å². The Bertz CT molecular complexity index is 569. The first-order chi connectivity index (χ1) is 8.19. The van der Waals surface area contributed by atoms with Crippen LogP contribution >= 0.6 is 22.9 Å². The molecule has 2 aromatic rings. The minimum atomic E-state index is 0.716. The molecule has 17 heavy (non-hydrogen) atoms. The smallest absolute Gasteiger partial charge is 0.100 e. The molecule has 1 N–H and O–H groups in total. The standard InChI is InChI=1S/C13H11ClN2S/c1-9-2-3-11(14)5-13(9)16-7-12-4-10(6-15)8-17-12/h2-5,8,16H,7H2,1H3. The average molecular weight is 263 g/mol. The number of rotatable bonds is 3. The highest BCUT2D eigenvalue weighted by molar-refractivity contribution is 7.10. The molecule has 0 spiro atoms. The summed E-state index contributed by atoms with van der Waals surface area (Å²) in [6.07, 6.45) is 0. The van der Waals surface area contributed by atoms with Crippen LogP contribution in [-0.4, -0.2) is 0 Å². The van der Waals surface area contributed by atoms with Crippen LogP contribution in [0.4, 0.5) is 5.69 Å². The van der Waals surface area contributed by atoms with Crippen LogP contribution in [0.1, 0.15) is 16.0 Å². The number of nitrogens with zero attached hydrogens (tertiary/aromatic N) is 1. The van der Waals surface area contributed by atoms with E-state index < -0.39 is 0 Å². The quantitative estimate of drug-likeness (QED) is 0.900. The Morgan fingerprint density at radius 3 is 2.94 bits per heavy atom. The first kappa shape index (κ1) is 12.0. The summed E-state index contributed by atoms with van der Waals surface area (Å²) in [5.41, 5.74) is 2.91. The lowest BCUT2D eigenvalue weighted by Gasteiger charge is -2.08. The minimum absolute atomic E-state index is 0.716. The van der Waals surface area contributed by atoms with Crippen LogP contribution in [-0.2, 0) is 6.54 Å². The highest BCUT2D eigenvalue weighted by Crippen LogP contribution is 2.22. The fraction of sp³-hybridized carbons (Fsp3) is 0.154. The van der Waals surface area contributed by atoms with Gasteiger partial charge in [0.15, 0.2) is 0 Å². The summed E-state index contributed by atoms with van der Waals surface area (Å²) in [7, 11) is 0. The van der Waals surface area contributed by atoms with E-state index in [1.54, 1.807) is 11.3 Å². The van der Waals surface area contributed by atoms with E-state index in [4.69, 9.17) is 16.9 Å². The maximum absolute atomic E-state index is 8.74. The summed E-state index contributed by atoms with van der Waals surface area (Å²) < 4.78 is 0. The fourth-order valence-corrected chi connectivity index (χ4v) is 2.42. The Morgan fingerprint density at radius 2 is 2.24 bits per heavy atom. The predicted molar refractivity (Wildman–Crippen MR) is 72.5 cm³/mol. The van der Waals surface area contributed by atoms with Gasteiger partial charge >= 0.3 is 0 Å². The molecule has 0 aliphatic carbocycles. The molecule has 2 nitrogen and oxygen atoms in total. The van der Waals surface area contributed by atoms with Crippen LogP contribution in [0.15, 0.2) is 29.6 Å². The Kier molecular flexibility index (Phi) is 3.68. The van der Waals surface area contributed by atoms with Gasteiger partial charge in [-0.2, -0.15) is 5.26 Å². The Balaban J connectivity index is 2.07. The number of benzene rings is 1. The molecule has 86 valence electrons. The summed E-state index contributed by atoms with van der Waals surface area (Å²) in [6.45, 7) is 2.75. The van der Waals surface area contributed by atoms with E-state index in [2.05, 4.69) is 11.4 Å². The normalized spacial score (nSPS) is 9.94. The lowest BCUT2D eigenvalue weighted by molar-refractivity contribution is 1.18. The van der Waals surface area contributed by atoms with Gasteiger partial charge in [-0.25, -0.2) is 0 Å². The molecule has 0 radical (unpaired) electrons. The van der Waals surface area contributed by atoms with Gasteiger partial charge in [0.25, 0.3) is 0 Å². The highest BCUT2D eigenvalue weighted by Gasteiger charge is 2.02. The van der Waals surface area contributed by atoms with Crippen molar-refractivity contribution in [3.8, 4) is 6.07 Å². The zero-order valence-electron chi connectivity index (χ0n) is 9.33. The number of hydrogen-bond donors (Lipinski definition) is 1. The van der Waals surface area contributed by atoms with E-state index in [9.17, 15) is 0 Å². The molecule has 0 unspecified atom stereocenters.